The van der Waals surface area contributed by atoms with E-state index in [1.165, 1.54) is 38.4 Å². The number of sulfone groups is 1. The second-order valence-electron chi connectivity index (χ2n) is 7.43. The summed E-state index contributed by atoms with van der Waals surface area (Å²) >= 11 is 0. The average Bonchev–Trinajstić information content (AvgIpc) is 2.34. The fraction of sp³-hybridized carbons (Fsp3) is 1.00. The zero-order chi connectivity index (χ0) is 14.9. The van der Waals surface area contributed by atoms with Gasteiger partial charge in [-0.05, 0) is 39.7 Å². The molecule has 0 bridgehead atoms. The summed E-state index contributed by atoms with van der Waals surface area (Å²) in [5.41, 5.74) is 0.416. The largest absolute Gasteiger partial charge is 0.309 e. The van der Waals surface area contributed by atoms with E-state index >= 15 is 0 Å². The van der Waals surface area contributed by atoms with Crippen LogP contribution in [-0.4, -0.2) is 56.0 Å². The van der Waals surface area contributed by atoms with Gasteiger partial charge in [0.25, 0.3) is 0 Å². The van der Waals surface area contributed by atoms with E-state index in [0.29, 0.717) is 5.75 Å². The van der Waals surface area contributed by atoms with Crippen LogP contribution in [0, 0.1) is 0 Å². The standard InChI is InChI=1S/C15H30N2O2S/c1-14(2)13-17(10-7-11-20(3,18)19)15(12-16-14)8-5-4-6-9-15/h16H,4-13H2,1-3H3. The van der Waals surface area contributed by atoms with Crippen molar-refractivity contribution in [3.8, 4) is 0 Å². The van der Waals surface area contributed by atoms with E-state index in [9.17, 15) is 8.42 Å². The molecule has 0 radical (unpaired) electrons. The smallest absolute Gasteiger partial charge is 0.147 e. The monoisotopic (exact) mass is 302 g/mol. The van der Waals surface area contributed by atoms with Crippen LogP contribution in [0.2, 0.25) is 0 Å². The third-order valence-electron chi connectivity index (χ3n) is 4.88. The highest BCUT2D eigenvalue weighted by Gasteiger charge is 2.44. The Morgan fingerprint density at radius 3 is 2.40 bits per heavy atom. The van der Waals surface area contributed by atoms with Crippen molar-refractivity contribution >= 4 is 9.84 Å². The van der Waals surface area contributed by atoms with Gasteiger partial charge in [-0.3, -0.25) is 4.90 Å². The lowest BCUT2D eigenvalue weighted by atomic mass is 9.77. The van der Waals surface area contributed by atoms with Gasteiger partial charge in [-0.15, -0.1) is 0 Å². The summed E-state index contributed by atoms with van der Waals surface area (Å²) in [5.74, 6) is 0.313. The summed E-state index contributed by atoms with van der Waals surface area (Å²) < 4.78 is 22.7. The van der Waals surface area contributed by atoms with Gasteiger partial charge in [-0.25, -0.2) is 8.42 Å². The van der Waals surface area contributed by atoms with Gasteiger partial charge in [0.15, 0.2) is 0 Å². The molecule has 20 heavy (non-hydrogen) atoms. The molecule has 2 aliphatic rings. The molecular formula is C15H30N2O2S. The predicted molar refractivity (Wildman–Crippen MR) is 83.8 cm³/mol. The van der Waals surface area contributed by atoms with E-state index < -0.39 is 9.84 Å². The van der Waals surface area contributed by atoms with Crippen molar-refractivity contribution in [1.82, 2.24) is 10.2 Å². The highest BCUT2D eigenvalue weighted by molar-refractivity contribution is 7.90. The number of nitrogens with one attached hydrogen (secondary N) is 1. The molecule has 1 spiro atoms. The molecule has 5 heteroatoms. The van der Waals surface area contributed by atoms with Crippen molar-refractivity contribution < 1.29 is 8.42 Å². The van der Waals surface area contributed by atoms with Crippen LogP contribution in [0.3, 0.4) is 0 Å². The van der Waals surface area contributed by atoms with Gasteiger partial charge in [0.2, 0.25) is 0 Å². The Morgan fingerprint density at radius 2 is 1.80 bits per heavy atom. The molecule has 0 amide bonds. The van der Waals surface area contributed by atoms with Crippen LogP contribution in [0.25, 0.3) is 0 Å². The topological polar surface area (TPSA) is 49.4 Å². The molecule has 0 aromatic heterocycles. The molecule has 1 N–H and O–H groups in total. The molecule has 1 aliphatic carbocycles. The minimum absolute atomic E-state index is 0.133. The quantitative estimate of drug-likeness (QED) is 0.860. The molecule has 1 saturated carbocycles. The molecule has 2 rings (SSSR count). The SMILES string of the molecule is CC1(C)CN(CCCS(C)(=O)=O)C2(CCCCC2)CN1. The Balaban J connectivity index is 2.02. The molecule has 1 heterocycles. The van der Waals surface area contributed by atoms with Gasteiger partial charge in [-0.2, -0.15) is 0 Å². The van der Waals surface area contributed by atoms with Crippen LogP contribution in [0.5, 0.6) is 0 Å². The van der Waals surface area contributed by atoms with Crippen LogP contribution in [0.15, 0.2) is 0 Å². The number of hydrogen-bond donors (Lipinski definition) is 1. The number of nitrogens with zero attached hydrogens (tertiary/aromatic N) is 1. The van der Waals surface area contributed by atoms with Gasteiger partial charge in [-0.1, -0.05) is 19.3 Å². The maximum atomic E-state index is 11.3. The van der Waals surface area contributed by atoms with Gasteiger partial charge >= 0.3 is 0 Å². The van der Waals surface area contributed by atoms with Crippen LogP contribution in [0.1, 0.15) is 52.4 Å². The Kier molecular flexibility index (Phi) is 4.82. The zero-order valence-corrected chi connectivity index (χ0v) is 14.1. The van der Waals surface area contributed by atoms with Gasteiger partial charge in [0, 0.05) is 30.4 Å². The lowest BCUT2D eigenvalue weighted by Crippen LogP contribution is -2.68. The minimum atomic E-state index is -2.84. The van der Waals surface area contributed by atoms with Crippen molar-refractivity contribution in [1.29, 1.82) is 0 Å². The molecule has 0 aromatic rings. The molecule has 1 aliphatic heterocycles. The molecule has 0 unspecified atom stereocenters. The van der Waals surface area contributed by atoms with Crippen molar-refractivity contribution in [2.45, 2.75) is 63.5 Å². The molecule has 118 valence electrons. The van der Waals surface area contributed by atoms with E-state index in [2.05, 4.69) is 24.1 Å². The third-order valence-corrected chi connectivity index (χ3v) is 5.91. The Morgan fingerprint density at radius 1 is 1.15 bits per heavy atom. The summed E-state index contributed by atoms with van der Waals surface area (Å²) in [6.45, 7) is 7.48. The fourth-order valence-electron chi connectivity index (χ4n) is 3.75. The first kappa shape index (κ1) is 16.2. The Labute approximate surface area is 124 Å². The molecule has 2 fully saturated rings. The lowest BCUT2D eigenvalue weighted by Gasteiger charge is -2.54. The van der Waals surface area contributed by atoms with Crippen LogP contribution >= 0.6 is 0 Å². The first-order valence-corrected chi connectivity index (χ1v) is 9.96. The molecule has 1 saturated heterocycles. The van der Waals surface area contributed by atoms with E-state index in [-0.39, 0.29) is 11.1 Å². The Bertz CT molecular complexity index is 425. The predicted octanol–water partition coefficient (Wildman–Crippen LogP) is 1.81. The lowest BCUT2D eigenvalue weighted by molar-refractivity contribution is -0.00953. The minimum Gasteiger partial charge on any atom is -0.309 e. The molecule has 0 atom stereocenters. The van der Waals surface area contributed by atoms with Crippen molar-refractivity contribution in [3.63, 3.8) is 0 Å². The average molecular weight is 302 g/mol. The summed E-state index contributed by atoms with van der Waals surface area (Å²) in [7, 11) is -2.84. The molecule has 4 nitrogen and oxygen atoms in total. The van der Waals surface area contributed by atoms with Crippen molar-refractivity contribution in [3.05, 3.63) is 0 Å². The first-order valence-electron chi connectivity index (χ1n) is 7.90. The summed E-state index contributed by atoms with van der Waals surface area (Å²) in [5, 5.41) is 3.70. The first-order chi connectivity index (χ1) is 9.23. The van der Waals surface area contributed by atoms with Gasteiger partial charge in [0.05, 0.1) is 5.75 Å². The third kappa shape index (κ3) is 4.18. The Hall–Kier alpha value is -0.130. The van der Waals surface area contributed by atoms with E-state index in [1.807, 2.05) is 0 Å². The normalized spacial score (nSPS) is 26.8. The second-order valence-corrected chi connectivity index (χ2v) is 9.69. The van der Waals surface area contributed by atoms with Gasteiger partial charge in [0.1, 0.15) is 9.84 Å². The maximum absolute atomic E-state index is 11.3. The highest BCUT2D eigenvalue weighted by Crippen LogP contribution is 2.37. The highest BCUT2D eigenvalue weighted by atomic mass is 32.2. The van der Waals surface area contributed by atoms with Crippen LogP contribution in [0.4, 0.5) is 0 Å². The van der Waals surface area contributed by atoms with Crippen LogP contribution in [-0.2, 0) is 9.84 Å². The number of rotatable bonds is 4. The summed E-state index contributed by atoms with van der Waals surface area (Å²) in [6, 6.07) is 0. The number of piperazine rings is 1. The van der Waals surface area contributed by atoms with E-state index in [4.69, 9.17) is 0 Å². The summed E-state index contributed by atoms with van der Waals surface area (Å²) in [6.07, 6.45) is 8.59. The molecule has 0 aromatic carbocycles. The van der Waals surface area contributed by atoms with Crippen molar-refractivity contribution in [2.75, 3.05) is 31.6 Å². The second kappa shape index (κ2) is 5.93. The van der Waals surface area contributed by atoms with E-state index in [1.54, 1.807) is 0 Å². The summed E-state index contributed by atoms with van der Waals surface area (Å²) in [4.78, 5) is 2.59. The molecular weight excluding hydrogens is 272 g/mol. The fourth-order valence-corrected chi connectivity index (χ4v) is 4.41. The maximum Gasteiger partial charge on any atom is 0.147 e. The van der Waals surface area contributed by atoms with E-state index in [0.717, 1.165) is 26.1 Å². The number of hydrogen-bond acceptors (Lipinski definition) is 4. The van der Waals surface area contributed by atoms with Gasteiger partial charge < -0.3 is 5.32 Å². The van der Waals surface area contributed by atoms with Crippen LogP contribution < -0.4 is 5.32 Å². The van der Waals surface area contributed by atoms with Crippen molar-refractivity contribution in [2.24, 2.45) is 0 Å². The zero-order valence-electron chi connectivity index (χ0n) is 13.2.